The number of rotatable bonds is 5. The lowest BCUT2D eigenvalue weighted by molar-refractivity contribution is 0.102. The minimum atomic E-state index is -0.271. The summed E-state index contributed by atoms with van der Waals surface area (Å²) in [7, 11) is 0. The summed E-state index contributed by atoms with van der Waals surface area (Å²) in [6, 6.07) is 7.19. The molecule has 26 heavy (non-hydrogen) atoms. The number of benzene rings is 1. The van der Waals surface area contributed by atoms with Gasteiger partial charge in [0.05, 0.1) is 18.5 Å². The number of hydrogen-bond donors (Lipinski definition) is 1. The zero-order valence-electron chi connectivity index (χ0n) is 15.2. The Kier molecular flexibility index (Phi) is 5.08. The highest BCUT2D eigenvalue weighted by Crippen LogP contribution is 2.28. The summed E-state index contributed by atoms with van der Waals surface area (Å²) in [5, 5.41) is 2.87. The molecule has 0 aliphatic rings. The highest BCUT2D eigenvalue weighted by Gasteiger charge is 2.21. The Balaban J connectivity index is 1.94. The first kappa shape index (κ1) is 18.1. The van der Waals surface area contributed by atoms with Crippen LogP contribution in [0.5, 0.6) is 5.75 Å². The van der Waals surface area contributed by atoms with E-state index in [9.17, 15) is 9.59 Å². The summed E-state index contributed by atoms with van der Waals surface area (Å²) >= 11 is 1.31. The molecule has 1 N–H and O–H groups in total. The fourth-order valence-electron chi connectivity index (χ4n) is 2.72. The Hall–Kier alpha value is -2.67. The van der Waals surface area contributed by atoms with Crippen molar-refractivity contribution in [3.63, 3.8) is 0 Å². The lowest BCUT2D eigenvalue weighted by Crippen LogP contribution is -2.22. The van der Waals surface area contributed by atoms with E-state index in [4.69, 9.17) is 4.74 Å². The van der Waals surface area contributed by atoms with E-state index in [1.807, 2.05) is 27.7 Å². The van der Waals surface area contributed by atoms with Crippen molar-refractivity contribution in [1.82, 2.24) is 9.55 Å². The largest absolute Gasteiger partial charge is 0.494 e. The molecule has 0 aliphatic heterocycles. The zero-order chi connectivity index (χ0) is 18.8. The van der Waals surface area contributed by atoms with Crippen LogP contribution in [0.25, 0.3) is 10.2 Å². The number of anilines is 1. The number of fused-ring (bicyclic) bond motifs is 1. The first-order chi connectivity index (χ1) is 12.4. The summed E-state index contributed by atoms with van der Waals surface area (Å²) in [6.45, 7) is 8.19. The molecule has 1 amide bonds. The van der Waals surface area contributed by atoms with Crippen LogP contribution in [0.2, 0.25) is 0 Å². The monoisotopic (exact) mass is 371 g/mol. The summed E-state index contributed by atoms with van der Waals surface area (Å²) in [5.41, 5.74) is 1.45. The molecule has 0 saturated carbocycles. The van der Waals surface area contributed by atoms with Gasteiger partial charge >= 0.3 is 0 Å². The van der Waals surface area contributed by atoms with Crippen LogP contribution in [-0.4, -0.2) is 22.1 Å². The van der Waals surface area contributed by atoms with Crippen LogP contribution in [-0.2, 0) is 0 Å². The number of aryl methyl sites for hydroxylation is 1. The molecule has 0 spiro atoms. The van der Waals surface area contributed by atoms with Gasteiger partial charge < -0.3 is 10.1 Å². The molecule has 1 aromatic carbocycles. The van der Waals surface area contributed by atoms with E-state index in [-0.39, 0.29) is 17.5 Å². The van der Waals surface area contributed by atoms with E-state index in [0.717, 1.165) is 10.6 Å². The number of amides is 1. The van der Waals surface area contributed by atoms with Gasteiger partial charge in [0.25, 0.3) is 11.5 Å². The van der Waals surface area contributed by atoms with Gasteiger partial charge in [0.15, 0.2) is 0 Å². The number of aromatic nitrogens is 2. The predicted molar refractivity (Wildman–Crippen MR) is 105 cm³/mol. The van der Waals surface area contributed by atoms with Gasteiger partial charge in [-0.05, 0) is 52.0 Å². The van der Waals surface area contributed by atoms with Crippen molar-refractivity contribution in [2.24, 2.45) is 0 Å². The first-order valence-corrected chi connectivity index (χ1v) is 9.28. The van der Waals surface area contributed by atoms with Gasteiger partial charge in [-0.25, -0.2) is 4.98 Å². The van der Waals surface area contributed by atoms with Crippen LogP contribution in [0.1, 0.15) is 42.0 Å². The molecule has 0 aliphatic carbocycles. The van der Waals surface area contributed by atoms with Crippen LogP contribution in [0, 0.1) is 6.92 Å². The SMILES string of the molecule is CCOc1ccc(NC(=O)c2c(C)sc3c(=O)n(C(C)C)cnc23)cc1. The third kappa shape index (κ3) is 3.35. The van der Waals surface area contributed by atoms with Crippen LogP contribution >= 0.6 is 11.3 Å². The van der Waals surface area contributed by atoms with Crippen LogP contribution in [0.15, 0.2) is 35.4 Å². The molecule has 136 valence electrons. The number of hydrogen-bond acceptors (Lipinski definition) is 5. The maximum atomic E-state index is 12.8. The second-order valence-corrected chi connectivity index (χ2v) is 7.40. The quantitative estimate of drug-likeness (QED) is 0.736. The third-order valence-corrected chi connectivity index (χ3v) is 5.09. The van der Waals surface area contributed by atoms with E-state index < -0.39 is 0 Å². The number of ether oxygens (including phenoxy) is 1. The van der Waals surface area contributed by atoms with Crippen LogP contribution in [0.4, 0.5) is 5.69 Å². The van der Waals surface area contributed by atoms with Crippen LogP contribution < -0.4 is 15.6 Å². The van der Waals surface area contributed by atoms with E-state index >= 15 is 0 Å². The molecule has 0 radical (unpaired) electrons. The number of thiophene rings is 1. The summed E-state index contributed by atoms with van der Waals surface area (Å²) < 4.78 is 7.49. The maximum Gasteiger partial charge on any atom is 0.271 e. The van der Waals surface area contributed by atoms with E-state index in [0.29, 0.717) is 28.1 Å². The minimum absolute atomic E-state index is 0.0166. The minimum Gasteiger partial charge on any atom is -0.494 e. The number of nitrogens with one attached hydrogen (secondary N) is 1. The first-order valence-electron chi connectivity index (χ1n) is 8.46. The Morgan fingerprint density at radius 2 is 2.00 bits per heavy atom. The molecule has 7 heteroatoms. The van der Waals surface area contributed by atoms with Gasteiger partial charge in [0, 0.05) is 16.6 Å². The molecule has 3 aromatic rings. The Bertz CT molecular complexity index is 1000. The maximum absolute atomic E-state index is 12.8. The van der Waals surface area contributed by atoms with Gasteiger partial charge in [-0.3, -0.25) is 14.2 Å². The molecule has 6 nitrogen and oxygen atoms in total. The fraction of sp³-hybridized carbons (Fsp3) is 0.316. The van der Waals surface area contributed by atoms with Gasteiger partial charge in [-0.1, -0.05) is 0 Å². The highest BCUT2D eigenvalue weighted by molar-refractivity contribution is 7.19. The molecule has 0 fully saturated rings. The Morgan fingerprint density at radius 3 is 2.62 bits per heavy atom. The van der Waals surface area contributed by atoms with Gasteiger partial charge in [-0.15, -0.1) is 11.3 Å². The third-order valence-electron chi connectivity index (χ3n) is 4.01. The van der Waals surface area contributed by atoms with E-state index in [1.54, 1.807) is 28.8 Å². The fourth-order valence-corrected chi connectivity index (χ4v) is 3.76. The second kappa shape index (κ2) is 7.29. The number of carbonyl (C=O) groups excluding carboxylic acids is 1. The van der Waals surface area contributed by atoms with Gasteiger partial charge in [0.1, 0.15) is 16.0 Å². The van der Waals surface area contributed by atoms with Gasteiger partial charge in [0.2, 0.25) is 0 Å². The Morgan fingerprint density at radius 1 is 1.31 bits per heavy atom. The molecule has 0 unspecified atom stereocenters. The number of nitrogens with zero attached hydrogens (tertiary/aromatic N) is 2. The molecule has 0 saturated heterocycles. The molecule has 0 bridgehead atoms. The van der Waals surface area contributed by atoms with Crippen molar-refractivity contribution in [3.8, 4) is 5.75 Å². The van der Waals surface area contributed by atoms with E-state index in [1.165, 1.54) is 17.7 Å². The summed E-state index contributed by atoms with van der Waals surface area (Å²) in [4.78, 5) is 30.5. The van der Waals surface area contributed by atoms with Crippen molar-refractivity contribution in [3.05, 3.63) is 51.4 Å². The van der Waals surface area contributed by atoms with Gasteiger partial charge in [-0.2, -0.15) is 0 Å². The van der Waals surface area contributed by atoms with Crippen molar-refractivity contribution in [1.29, 1.82) is 0 Å². The van der Waals surface area contributed by atoms with Crippen molar-refractivity contribution < 1.29 is 9.53 Å². The molecule has 2 aromatic heterocycles. The highest BCUT2D eigenvalue weighted by atomic mass is 32.1. The lowest BCUT2D eigenvalue weighted by atomic mass is 10.2. The predicted octanol–water partition coefficient (Wildman–Crippen LogP) is 4.00. The van der Waals surface area contributed by atoms with Crippen molar-refractivity contribution in [2.45, 2.75) is 33.7 Å². The van der Waals surface area contributed by atoms with E-state index in [2.05, 4.69) is 10.3 Å². The van der Waals surface area contributed by atoms with Crippen molar-refractivity contribution in [2.75, 3.05) is 11.9 Å². The molecule has 3 rings (SSSR count). The Labute approximate surface area is 155 Å². The average Bonchev–Trinajstić information content (AvgIpc) is 2.94. The molecule has 0 atom stereocenters. The zero-order valence-corrected chi connectivity index (χ0v) is 16.0. The number of carbonyl (C=O) groups is 1. The molecular weight excluding hydrogens is 350 g/mol. The summed E-state index contributed by atoms with van der Waals surface area (Å²) in [6.07, 6.45) is 1.51. The second-order valence-electron chi connectivity index (χ2n) is 6.17. The topological polar surface area (TPSA) is 73.2 Å². The lowest BCUT2D eigenvalue weighted by Gasteiger charge is -2.09. The standard InChI is InChI=1S/C19H21N3O3S/c1-5-25-14-8-6-13(7-9-14)21-18(23)15-12(4)26-17-16(15)20-10-22(11(2)3)19(17)24/h6-11H,5H2,1-4H3,(H,21,23). The summed E-state index contributed by atoms with van der Waals surface area (Å²) in [5.74, 6) is 0.477. The van der Waals surface area contributed by atoms with Crippen molar-refractivity contribution >= 4 is 33.1 Å². The average molecular weight is 371 g/mol. The smallest absolute Gasteiger partial charge is 0.271 e. The van der Waals surface area contributed by atoms with Crippen LogP contribution in [0.3, 0.4) is 0 Å². The normalized spacial score (nSPS) is 11.1. The molecule has 2 heterocycles. The molecular formula is C19H21N3O3S.